The molecule has 0 fully saturated rings. The van der Waals surface area contributed by atoms with Gasteiger partial charge in [0.2, 0.25) is 15.8 Å². The first-order valence-electron chi connectivity index (χ1n) is 6.07. The van der Waals surface area contributed by atoms with Crippen LogP contribution in [0.25, 0.3) is 5.57 Å². The summed E-state index contributed by atoms with van der Waals surface area (Å²) < 4.78 is 23.4. The van der Waals surface area contributed by atoms with E-state index in [1.807, 2.05) is 6.07 Å². The summed E-state index contributed by atoms with van der Waals surface area (Å²) in [4.78, 5) is -0.0494. The molecule has 1 aromatic carbocycles. The van der Waals surface area contributed by atoms with Gasteiger partial charge in [-0.3, -0.25) is 0 Å². The third-order valence-electron chi connectivity index (χ3n) is 2.82. The number of nitrogens with one attached hydrogen (secondary N) is 2. The number of allylic oxidation sites excluding steroid dienone is 1. The van der Waals surface area contributed by atoms with Crippen LogP contribution in [0.4, 0.5) is 5.69 Å². The number of H-pyrrole nitrogens is 1. The van der Waals surface area contributed by atoms with Gasteiger partial charge in [0.25, 0.3) is 0 Å². The minimum Gasteiger partial charge on any atom is -0.359 e. The van der Waals surface area contributed by atoms with Crippen LogP contribution in [0.3, 0.4) is 0 Å². The number of sulfonamides is 1. The summed E-state index contributed by atoms with van der Waals surface area (Å²) in [7, 11) is -3.91. The van der Waals surface area contributed by atoms with E-state index in [0.717, 1.165) is 5.56 Å². The molecule has 0 aliphatic heterocycles. The van der Waals surface area contributed by atoms with Gasteiger partial charge in [0.1, 0.15) is 16.5 Å². The molecule has 0 saturated carbocycles. The average Bonchev–Trinajstić information content (AvgIpc) is 2.94. The minimum atomic E-state index is -3.91. The summed E-state index contributed by atoms with van der Waals surface area (Å²) in [6.45, 7) is 3.50. The summed E-state index contributed by atoms with van der Waals surface area (Å²) >= 11 is 0. The minimum absolute atomic E-state index is 0.0494. The van der Waals surface area contributed by atoms with E-state index in [4.69, 9.17) is 10.4 Å². The van der Waals surface area contributed by atoms with E-state index in [2.05, 4.69) is 25.9 Å². The highest BCUT2D eigenvalue weighted by Gasteiger charge is 2.16. The lowest BCUT2D eigenvalue weighted by Crippen LogP contribution is -2.15. The molecule has 0 spiro atoms. The number of nitrogens with two attached hydrogens (primary N) is 1. The number of tetrazole rings is 1. The van der Waals surface area contributed by atoms with Crippen LogP contribution in [0.5, 0.6) is 0 Å². The second-order valence-corrected chi connectivity index (χ2v) is 6.08. The molecule has 10 heteroatoms. The van der Waals surface area contributed by atoms with E-state index in [9.17, 15) is 8.42 Å². The normalized spacial score (nSPS) is 12.0. The molecule has 4 N–H and O–H groups in total. The fraction of sp³-hybridized carbons (Fsp3) is 0.167. The van der Waals surface area contributed by atoms with Gasteiger partial charge in [-0.05, 0) is 36.3 Å². The Kier molecular flexibility index (Phi) is 4.20. The predicted molar refractivity (Wildman–Crippen MR) is 78.7 cm³/mol. The summed E-state index contributed by atoms with van der Waals surface area (Å²) in [5.74, 6) is 0.0944. The highest BCUT2D eigenvalue weighted by atomic mass is 32.2. The van der Waals surface area contributed by atoms with Crippen LogP contribution in [0, 0.1) is 25.2 Å². The molecule has 0 saturated heterocycles. The Hall–Kier alpha value is -2.77. The lowest BCUT2D eigenvalue weighted by atomic mass is 10.1. The first kappa shape index (κ1) is 15.6. The van der Waals surface area contributed by atoms with Crippen molar-refractivity contribution in [3.05, 3.63) is 35.3 Å². The van der Waals surface area contributed by atoms with Crippen molar-refractivity contribution in [3.8, 4) is 6.07 Å². The van der Waals surface area contributed by atoms with Crippen molar-refractivity contribution >= 4 is 21.3 Å². The number of aryl methyl sites for hydroxylation is 2. The summed E-state index contributed by atoms with van der Waals surface area (Å²) in [6.07, 6.45) is 1.30. The SMILES string of the molecule is Cc1cc(C)c(NC=C(C#N)c2nn[nH]n2)c(S(N)(=O)=O)c1. The maximum atomic E-state index is 11.7. The van der Waals surface area contributed by atoms with Crippen LogP contribution in [-0.2, 0) is 10.0 Å². The molecule has 2 rings (SSSR count). The van der Waals surface area contributed by atoms with Gasteiger partial charge in [0.15, 0.2) is 0 Å². The maximum absolute atomic E-state index is 11.7. The Morgan fingerprint density at radius 3 is 2.73 bits per heavy atom. The van der Waals surface area contributed by atoms with Gasteiger partial charge in [0.05, 0.1) is 5.69 Å². The molecule has 0 radical (unpaired) electrons. The molecule has 0 unspecified atom stereocenters. The largest absolute Gasteiger partial charge is 0.359 e. The first-order valence-corrected chi connectivity index (χ1v) is 7.62. The van der Waals surface area contributed by atoms with E-state index in [0.29, 0.717) is 11.3 Å². The van der Waals surface area contributed by atoms with Gasteiger partial charge in [0, 0.05) is 6.20 Å². The van der Waals surface area contributed by atoms with Gasteiger partial charge < -0.3 is 5.32 Å². The van der Waals surface area contributed by atoms with Crippen molar-refractivity contribution in [1.29, 1.82) is 5.26 Å². The predicted octanol–water partition coefficient (Wildman–Crippen LogP) is 0.441. The fourth-order valence-corrected chi connectivity index (χ4v) is 2.76. The molecule has 0 amide bonds. The number of aromatic amines is 1. The van der Waals surface area contributed by atoms with Crippen molar-refractivity contribution < 1.29 is 8.42 Å². The molecule has 2 aromatic rings. The Labute approximate surface area is 126 Å². The van der Waals surface area contributed by atoms with Gasteiger partial charge in [-0.1, -0.05) is 6.07 Å². The van der Waals surface area contributed by atoms with E-state index in [1.54, 1.807) is 19.9 Å². The van der Waals surface area contributed by atoms with E-state index in [1.165, 1.54) is 12.3 Å². The van der Waals surface area contributed by atoms with Crippen molar-refractivity contribution in [3.63, 3.8) is 0 Å². The molecular weight excluding hydrogens is 306 g/mol. The lowest BCUT2D eigenvalue weighted by molar-refractivity contribution is 0.598. The Morgan fingerprint density at radius 2 is 2.18 bits per heavy atom. The van der Waals surface area contributed by atoms with E-state index in [-0.39, 0.29) is 16.3 Å². The molecule has 0 atom stereocenters. The molecule has 0 aliphatic rings. The topological polar surface area (TPSA) is 150 Å². The number of anilines is 1. The molecule has 1 heterocycles. The Balaban J connectivity index is 2.48. The van der Waals surface area contributed by atoms with Crippen molar-refractivity contribution in [2.45, 2.75) is 18.7 Å². The van der Waals surface area contributed by atoms with Gasteiger partial charge in [-0.25, -0.2) is 13.6 Å². The molecule has 22 heavy (non-hydrogen) atoms. The number of nitrogens with zero attached hydrogens (tertiary/aromatic N) is 4. The van der Waals surface area contributed by atoms with Gasteiger partial charge >= 0.3 is 0 Å². The van der Waals surface area contributed by atoms with Crippen molar-refractivity contribution in [2.24, 2.45) is 5.14 Å². The third kappa shape index (κ3) is 3.27. The highest BCUT2D eigenvalue weighted by molar-refractivity contribution is 7.89. The van der Waals surface area contributed by atoms with Crippen LogP contribution >= 0.6 is 0 Å². The monoisotopic (exact) mass is 319 g/mol. The Morgan fingerprint density at radius 1 is 1.45 bits per heavy atom. The lowest BCUT2D eigenvalue weighted by Gasteiger charge is -2.12. The zero-order valence-electron chi connectivity index (χ0n) is 11.8. The summed E-state index contributed by atoms with van der Waals surface area (Å²) in [5, 5.41) is 30.1. The molecular formula is C12H13N7O2S. The van der Waals surface area contributed by atoms with Crippen molar-refractivity contribution in [1.82, 2.24) is 20.6 Å². The Bertz CT molecular complexity index is 864. The van der Waals surface area contributed by atoms with Crippen LogP contribution in [0.1, 0.15) is 17.0 Å². The van der Waals surface area contributed by atoms with Gasteiger partial charge in [-0.2, -0.15) is 10.5 Å². The molecule has 0 aliphatic carbocycles. The summed E-state index contributed by atoms with van der Waals surface area (Å²) in [6, 6.07) is 5.15. The number of hydrogen-bond donors (Lipinski definition) is 3. The van der Waals surface area contributed by atoms with Gasteiger partial charge in [-0.15, -0.1) is 10.2 Å². The molecule has 0 bridgehead atoms. The standard InChI is InChI=1S/C12H13N7O2S/c1-7-3-8(2)11(10(4-7)22(14,20)21)15-6-9(5-13)12-16-18-19-17-12/h3-4,6,15H,1-2H3,(H2,14,20,21)(H,16,17,18,19). The number of hydrogen-bond acceptors (Lipinski definition) is 7. The van der Waals surface area contributed by atoms with E-state index >= 15 is 0 Å². The van der Waals surface area contributed by atoms with Crippen LogP contribution in [0.2, 0.25) is 0 Å². The number of benzene rings is 1. The molecule has 1 aromatic heterocycles. The molecule has 9 nitrogen and oxygen atoms in total. The number of nitriles is 1. The summed E-state index contributed by atoms with van der Waals surface area (Å²) in [5.41, 5.74) is 1.82. The first-order chi connectivity index (χ1) is 10.3. The fourth-order valence-electron chi connectivity index (χ4n) is 1.91. The second-order valence-electron chi connectivity index (χ2n) is 4.55. The number of primary sulfonamides is 1. The highest BCUT2D eigenvalue weighted by Crippen LogP contribution is 2.26. The van der Waals surface area contributed by atoms with Crippen LogP contribution in [-0.4, -0.2) is 29.0 Å². The molecule has 114 valence electrons. The number of aromatic nitrogens is 4. The zero-order valence-corrected chi connectivity index (χ0v) is 12.6. The quantitative estimate of drug-likeness (QED) is 0.692. The second kappa shape index (κ2) is 5.92. The van der Waals surface area contributed by atoms with Crippen LogP contribution in [0.15, 0.2) is 23.2 Å². The number of rotatable bonds is 4. The maximum Gasteiger partial charge on any atom is 0.240 e. The van der Waals surface area contributed by atoms with E-state index < -0.39 is 10.0 Å². The zero-order chi connectivity index (χ0) is 16.3. The third-order valence-corrected chi connectivity index (χ3v) is 3.75. The smallest absolute Gasteiger partial charge is 0.240 e. The van der Waals surface area contributed by atoms with Crippen molar-refractivity contribution in [2.75, 3.05) is 5.32 Å². The average molecular weight is 319 g/mol. The van der Waals surface area contributed by atoms with Crippen LogP contribution < -0.4 is 10.5 Å².